The van der Waals surface area contributed by atoms with E-state index in [1.807, 2.05) is 31.2 Å². The van der Waals surface area contributed by atoms with Crippen LogP contribution < -0.4 is 14.2 Å². The Morgan fingerprint density at radius 1 is 0.660 bits per heavy atom. The molecule has 1 aliphatic rings. The molecular weight excluding hydrogens is 684 g/mol. The van der Waals surface area contributed by atoms with E-state index in [4.69, 9.17) is 28.4 Å². The third-order valence-electron chi connectivity index (χ3n) is 8.98. The van der Waals surface area contributed by atoms with E-state index in [9.17, 15) is 30.0 Å². The maximum absolute atomic E-state index is 13.1. The molecule has 0 bridgehead atoms. The van der Waals surface area contributed by atoms with Crippen LogP contribution in [-0.4, -0.2) is 66.9 Å². The second-order valence-corrected chi connectivity index (χ2v) is 12.4. The van der Waals surface area contributed by atoms with Crippen molar-refractivity contribution >= 4 is 24.1 Å². The number of aliphatic hydroxyl groups is 1. The standard InChI is InChI=1S/C41H42O12/c1-24-5-7-25(8-6-24)11-15-36(44)52-23-32-31(22-51-37(45)16-12-26-9-13-30(43)14-10-26)40(27-17-29(21-42)38(46)33(18-27)48-2)53-41(32)28-19-34(49-3)39(47)35(20-28)50-4/h5-20,31-32,40-43,46-47H,21-23H2,1-4H3/b15-11+,16-12+/t31-,32-,40+,41+/m1/s1. The monoisotopic (exact) mass is 726 g/mol. The number of phenolic OH excluding ortho intramolecular Hbond substituents is 2. The van der Waals surface area contributed by atoms with Gasteiger partial charge >= 0.3 is 11.9 Å². The lowest BCUT2D eigenvalue weighted by Crippen LogP contribution is -2.27. The molecule has 0 unspecified atom stereocenters. The molecule has 5 rings (SSSR count). The summed E-state index contributed by atoms with van der Waals surface area (Å²) in [5.41, 5.74) is 3.72. The van der Waals surface area contributed by atoms with Crippen molar-refractivity contribution in [1.29, 1.82) is 0 Å². The molecular formula is C41H42O12. The van der Waals surface area contributed by atoms with Crippen LogP contribution in [0.5, 0.6) is 34.5 Å². The number of benzene rings is 4. The van der Waals surface area contributed by atoms with Gasteiger partial charge in [0.2, 0.25) is 5.75 Å². The molecule has 1 aliphatic heterocycles. The van der Waals surface area contributed by atoms with Gasteiger partial charge in [0.25, 0.3) is 0 Å². The highest BCUT2D eigenvalue weighted by Crippen LogP contribution is 2.53. The van der Waals surface area contributed by atoms with Crippen LogP contribution in [0.4, 0.5) is 0 Å². The van der Waals surface area contributed by atoms with Gasteiger partial charge in [0.1, 0.15) is 5.75 Å². The minimum absolute atomic E-state index is 0.0861. The summed E-state index contributed by atoms with van der Waals surface area (Å²) >= 11 is 0. The predicted molar refractivity (Wildman–Crippen MR) is 195 cm³/mol. The lowest BCUT2D eigenvalue weighted by molar-refractivity contribution is -0.143. The summed E-state index contributed by atoms with van der Waals surface area (Å²) in [6.45, 7) is 1.07. The lowest BCUT2D eigenvalue weighted by Gasteiger charge is -2.24. The van der Waals surface area contributed by atoms with Crippen molar-refractivity contribution in [3.8, 4) is 34.5 Å². The van der Waals surface area contributed by atoms with E-state index in [0.717, 1.165) is 11.1 Å². The van der Waals surface area contributed by atoms with Crippen molar-refractivity contribution in [2.45, 2.75) is 25.7 Å². The molecule has 4 N–H and O–H groups in total. The van der Waals surface area contributed by atoms with Crippen LogP contribution in [0.1, 0.15) is 45.6 Å². The quantitative estimate of drug-likeness (QED) is 0.0860. The largest absolute Gasteiger partial charge is 0.508 e. The summed E-state index contributed by atoms with van der Waals surface area (Å²) in [4.78, 5) is 26.2. The first-order valence-corrected chi connectivity index (χ1v) is 16.7. The molecule has 1 fully saturated rings. The van der Waals surface area contributed by atoms with E-state index >= 15 is 0 Å². The Morgan fingerprint density at radius 2 is 1.09 bits per heavy atom. The number of ether oxygens (including phenoxy) is 6. The highest BCUT2D eigenvalue weighted by Gasteiger charge is 2.48. The smallest absolute Gasteiger partial charge is 0.330 e. The molecule has 0 radical (unpaired) electrons. The summed E-state index contributed by atoms with van der Waals surface area (Å²) in [5.74, 6) is -2.69. The van der Waals surface area contributed by atoms with Gasteiger partial charge in [0.05, 0.1) is 53.4 Å². The summed E-state index contributed by atoms with van der Waals surface area (Å²) in [7, 11) is 4.16. The van der Waals surface area contributed by atoms with Gasteiger partial charge in [-0.15, -0.1) is 0 Å². The predicted octanol–water partition coefficient (Wildman–Crippen LogP) is 6.19. The minimum Gasteiger partial charge on any atom is -0.508 e. The van der Waals surface area contributed by atoms with Gasteiger partial charge in [-0.05, 0) is 77.7 Å². The molecule has 4 aromatic carbocycles. The minimum atomic E-state index is -0.855. The maximum Gasteiger partial charge on any atom is 0.330 e. The van der Waals surface area contributed by atoms with Crippen molar-refractivity contribution in [1.82, 2.24) is 0 Å². The Bertz CT molecular complexity index is 1760. The third-order valence-corrected chi connectivity index (χ3v) is 8.98. The number of hydrogen-bond donors (Lipinski definition) is 4. The van der Waals surface area contributed by atoms with Crippen LogP contribution in [0.2, 0.25) is 0 Å². The van der Waals surface area contributed by atoms with Crippen LogP contribution in [0.15, 0.2) is 84.9 Å². The first-order chi connectivity index (χ1) is 25.5. The first kappa shape index (κ1) is 38.3. The number of aryl methyl sites for hydroxylation is 1. The lowest BCUT2D eigenvalue weighted by atomic mass is 9.83. The fraction of sp³-hybridized carbons (Fsp3) is 0.268. The molecule has 0 amide bonds. The van der Waals surface area contributed by atoms with Crippen LogP contribution >= 0.6 is 0 Å². The molecule has 53 heavy (non-hydrogen) atoms. The van der Waals surface area contributed by atoms with Gasteiger partial charge in [-0.3, -0.25) is 0 Å². The van der Waals surface area contributed by atoms with Crippen LogP contribution in [-0.2, 0) is 30.4 Å². The Labute approximate surface area is 307 Å². The fourth-order valence-corrected chi connectivity index (χ4v) is 6.13. The molecule has 0 saturated carbocycles. The molecule has 0 aliphatic carbocycles. The molecule has 12 heteroatoms. The molecule has 278 valence electrons. The molecule has 1 heterocycles. The van der Waals surface area contributed by atoms with Crippen molar-refractivity contribution in [3.05, 3.63) is 118 Å². The number of hydrogen-bond acceptors (Lipinski definition) is 12. The second-order valence-electron chi connectivity index (χ2n) is 12.4. The number of aromatic hydroxyl groups is 3. The van der Waals surface area contributed by atoms with Crippen molar-refractivity contribution in [2.75, 3.05) is 34.5 Å². The van der Waals surface area contributed by atoms with Gasteiger partial charge in [0, 0.05) is 29.6 Å². The highest BCUT2D eigenvalue weighted by molar-refractivity contribution is 5.87. The molecule has 1 saturated heterocycles. The Kier molecular flexibility index (Phi) is 12.6. The molecule has 4 aromatic rings. The van der Waals surface area contributed by atoms with Gasteiger partial charge in [-0.25, -0.2) is 9.59 Å². The average Bonchev–Trinajstić information content (AvgIpc) is 3.54. The van der Waals surface area contributed by atoms with Crippen molar-refractivity contribution in [3.63, 3.8) is 0 Å². The van der Waals surface area contributed by atoms with Crippen LogP contribution in [0, 0.1) is 18.8 Å². The Hall–Kier alpha value is -5.98. The van der Waals surface area contributed by atoms with E-state index in [0.29, 0.717) is 16.7 Å². The van der Waals surface area contributed by atoms with E-state index < -0.39 is 42.6 Å². The van der Waals surface area contributed by atoms with Gasteiger partial charge in [-0.1, -0.05) is 42.0 Å². The summed E-state index contributed by atoms with van der Waals surface area (Å²) in [6.07, 6.45) is 4.06. The number of aliphatic hydroxyl groups excluding tert-OH is 1. The van der Waals surface area contributed by atoms with E-state index in [-0.39, 0.29) is 53.3 Å². The van der Waals surface area contributed by atoms with E-state index in [2.05, 4.69) is 0 Å². The maximum atomic E-state index is 13.1. The topological polar surface area (TPSA) is 170 Å². The molecule has 4 atom stereocenters. The third kappa shape index (κ3) is 9.28. The van der Waals surface area contributed by atoms with Crippen LogP contribution in [0.3, 0.4) is 0 Å². The average molecular weight is 727 g/mol. The zero-order valence-corrected chi connectivity index (χ0v) is 29.7. The number of esters is 2. The Balaban J connectivity index is 1.53. The number of methoxy groups -OCH3 is 3. The molecule has 0 spiro atoms. The van der Waals surface area contributed by atoms with Gasteiger partial charge in [-0.2, -0.15) is 0 Å². The SMILES string of the molecule is COc1cc([C@@H]2O[C@@H](c3cc(OC)c(O)c(OC)c3)[C@H](COC(=O)/C=C/c3ccc(C)cc3)[C@H]2COC(=O)/C=C/c2ccc(O)cc2)cc(CO)c1O. The zero-order valence-electron chi connectivity index (χ0n) is 29.7. The van der Waals surface area contributed by atoms with E-state index in [1.165, 1.54) is 45.6 Å². The van der Waals surface area contributed by atoms with E-state index in [1.54, 1.807) is 48.6 Å². The van der Waals surface area contributed by atoms with Gasteiger partial charge < -0.3 is 48.8 Å². The first-order valence-electron chi connectivity index (χ1n) is 16.7. The van der Waals surface area contributed by atoms with Crippen molar-refractivity contribution in [2.24, 2.45) is 11.8 Å². The summed E-state index contributed by atoms with van der Waals surface area (Å²) in [6, 6.07) is 20.2. The molecule has 12 nitrogen and oxygen atoms in total. The number of carbonyl (C=O) groups is 2. The second kappa shape index (κ2) is 17.5. The fourth-order valence-electron chi connectivity index (χ4n) is 6.13. The number of phenols is 3. The highest BCUT2D eigenvalue weighted by atomic mass is 16.6. The summed E-state index contributed by atoms with van der Waals surface area (Å²) < 4.78 is 34.6. The van der Waals surface area contributed by atoms with Crippen molar-refractivity contribution < 1.29 is 58.4 Å². The molecule has 0 aromatic heterocycles. The number of carbonyl (C=O) groups excluding carboxylic acids is 2. The zero-order chi connectivity index (χ0) is 38.1. The number of rotatable bonds is 14. The van der Waals surface area contributed by atoms with Gasteiger partial charge in [0.15, 0.2) is 23.0 Å². The summed E-state index contributed by atoms with van der Waals surface area (Å²) in [5, 5.41) is 41.0. The van der Waals surface area contributed by atoms with Crippen LogP contribution in [0.25, 0.3) is 12.2 Å². The normalized spacial score (nSPS) is 18.3. The Morgan fingerprint density at radius 3 is 1.55 bits per heavy atom.